The number of benzene rings is 2. The Morgan fingerprint density at radius 3 is 2.30 bits per heavy atom. The number of rotatable bonds is 4. The Kier molecular flexibility index (Phi) is 4.48. The highest BCUT2D eigenvalue weighted by Crippen LogP contribution is 2.20. The number of carbonyl (C=O) groups is 1. The van der Waals surface area contributed by atoms with E-state index in [2.05, 4.69) is 28.8 Å². The lowest BCUT2D eigenvalue weighted by Gasteiger charge is -2.08. The highest BCUT2D eigenvalue weighted by Gasteiger charge is 2.08. The molecular weight excluding hydrogens is 306 g/mol. The summed E-state index contributed by atoms with van der Waals surface area (Å²) in [6.07, 6.45) is 0. The lowest BCUT2D eigenvalue weighted by molar-refractivity contribution is 0.102. The summed E-state index contributed by atoms with van der Waals surface area (Å²) in [6.45, 7) is 4.29. The van der Waals surface area contributed by atoms with Crippen molar-refractivity contribution in [3.8, 4) is 11.3 Å². The average molecular weight is 323 g/mol. The molecule has 0 spiro atoms. The molecule has 0 aliphatic carbocycles. The molecule has 116 valence electrons. The topological polar surface area (TPSA) is 54.9 Å². The zero-order valence-corrected chi connectivity index (χ0v) is 13.8. The van der Waals surface area contributed by atoms with E-state index >= 15 is 0 Å². The first-order chi connectivity index (χ1) is 11.1. The van der Waals surface area contributed by atoms with Gasteiger partial charge in [0.2, 0.25) is 0 Å². The third-order valence-corrected chi connectivity index (χ3v) is 4.14. The van der Waals surface area contributed by atoms with Crippen molar-refractivity contribution in [1.29, 1.82) is 0 Å². The lowest BCUT2D eigenvalue weighted by atomic mass is 10.0. The van der Waals surface area contributed by atoms with Crippen LogP contribution in [0.2, 0.25) is 0 Å². The van der Waals surface area contributed by atoms with Gasteiger partial charge in [-0.2, -0.15) is 0 Å². The first-order valence-corrected chi connectivity index (χ1v) is 8.26. The van der Waals surface area contributed by atoms with Crippen molar-refractivity contribution in [3.63, 3.8) is 0 Å². The van der Waals surface area contributed by atoms with Crippen LogP contribution < -0.4 is 5.32 Å². The Bertz CT molecular complexity index is 778. The summed E-state index contributed by atoms with van der Waals surface area (Å²) in [4.78, 5) is 12.3. The van der Waals surface area contributed by atoms with Crippen molar-refractivity contribution >= 4 is 23.1 Å². The van der Waals surface area contributed by atoms with Gasteiger partial charge in [0.1, 0.15) is 5.69 Å². The SMILES string of the molecule is CC(C)c1ccc(NC(=O)c2ccc(-c3csnn3)cc2)cc1. The van der Waals surface area contributed by atoms with Crippen molar-refractivity contribution in [2.24, 2.45) is 0 Å². The zero-order chi connectivity index (χ0) is 16.2. The molecular formula is C18H17N3OS. The van der Waals surface area contributed by atoms with Gasteiger partial charge in [-0.15, -0.1) is 5.10 Å². The molecule has 0 saturated carbocycles. The van der Waals surface area contributed by atoms with Crippen molar-refractivity contribution in [3.05, 3.63) is 65.0 Å². The standard InChI is InChI=1S/C18H17N3OS/c1-12(2)13-7-9-16(10-8-13)19-18(22)15-5-3-14(4-6-15)17-11-23-21-20-17/h3-12H,1-2H3,(H,19,22). The molecule has 0 radical (unpaired) electrons. The summed E-state index contributed by atoms with van der Waals surface area (Å²) in [6, 6.07) is 15.3. The number of hydrogen-bond donors (Lipinski definition) is 1. The van der Waals surface area contributed by atoms with E-state index in [1.165, 1.54) is 17.1 Å². The van der Waals surface area contributed by atoms with Gasteiger partial charge >= 0.3 is 0 Å². The summed E-state index contributed by atoms with van der Waals surface area (Å²) in [5.74, 6) is 0.359. The molecule has 1 heterocycles. The lowest BCUT2D eigenvalue weighted by Crippen LogP contribution is -2.11. The van der Waals surface area contributed by atoms with Gasteiger partial charge in [-0.1, -0.05) is 42.6 Å². The van der Waals surface area contributed by atoms with E-state index in [0.717, 1.165) is 16.9 Å². The van der Waals surface area contributed by atoms with Crippen molar-refractivity contribution in [2.75, 3.05) is 5.32 Å². The van der Waals surface area contributed by atoms with Crippen molar-refractivity contribution in [2.45, 2.75) is 19.8 Å². The molecule has 0 aliphatic heterocycles. The maximum atomic E-state index is 12.3. The first-order valence-electron chi connectivity index (χ1n) is 7.42. The molecule has 4 nitrogen and oxygen atoms in total. The van der Waals surface area contributed by atoms with Crippen LogP contribution in [0.1, 0.15) is 35.7 Å². The number of hydrogen-bond acceptors (Lipinski definition) is 4. The van der Waals surface area contributed by atoms with Crippen molar-refractivity contribution in [1.82, 2.24) is 9.59 Å². The molecule has 1 aromatic heterocycles. The van der Waals surface area contributed by atoms with Gasteiger partial charge in [-0.3, -0.25) is 4.79 Å². The number of nitrogens with one attached hydrogen (secondary N) is 1. The predicted octanol–water partition coefficient (Wildman–Crippen LogP) is 4.58. The minimum absolute atomic E-state index is 0.120. The normalized spacial score (nSPS) is 10.7. The largest absolute Gasteiger partial charge is 0.322 e. The average Bonchev–Trinajstić information content (AvgIpc) is 3.10. The second-order valence-electron chi connectivity index (χ2n) is 5.60. The van der Waals surface area contributed by atoms with Crippen LogP contribution in [0.4, 0.5) is 5.69 Å². The van der Waals surface area contributed by atoms with Crippen LogP contribution in [-0.4, -0.2) is 15.5 Å². The minimum Gasteiger partial charge on any atom is -0.322 e. The van der Waals surface area contributed by atoms with Gasteiger partial charge < -0.3 is 5.32 Å². The number of anilines is 1. The van der Waals surface area contributed by atoms with Gasteiger partial charge in [0.05, 0.1) is 0 Å². The second-order valence-corrected chi connectivity index (χ2v) is 6.21. The first kappa shape index (κ1) is 15.4. The quantitative estimate of drug-likeness (QED) is 0.764. The van der Waals surface area contributed by atoms with E-state index < -0.39 is 0 Å². The molecule has 1 amide bonds. The maximum absolute atomic E-state index is 12.3. The van der Waals surface area contributed by atoms with Gasteiger partial charge in [-0.05, 0) is 47.3 Å². The summed E-state index contributed by atoms with van der Waals surface area (Å²) in [5, 5.41) is 8.81. The van der Waals surface area contributed by atoms with Crippen LogP contribution in [0.25, 0.3) is 11.3 Å². The van der Waals surface area contributed by atoms with Gasteiger partial charge in [0.15, 0.2) is 0 Å². The summed E-state index contributed by atoms with van der Waals surface area (Å²) in [7, 11) is 0. The molecule has 0 fully saturated rings. The van der Waals surface area contributed by atoms with Crippen molar-refractivity contribution < 1.29 is 4.79 Å². The molecule has 0 saturated heterocycles. The van der Waals surface area contributed by atoms with E-state index in [9.17, 15) is 4.79 Å². The molecule has 5 heteroatoms. The van der Waals surface area contributed by atoms with Crippen LogP contribution in [0, 0.1) is 0 Å². The minimum atomic E-state index is -0.120. The van der Waals surface area contributed by atoms with E-state index in [4.69, 9.17) is 0 Å². The third kappa shape index (κ3) is 3.63. The molecule has 3 aromatic rings. The van der Waals surface area contributed by atoms with Gasteiger partial charge in [0, 0.05) is 22.2 Å². The van der Waals surface area contributed by atoms with Gasteiger partial charge in [-0.25, -0.2) is 0 Å². The second kappa shape index (κ2) is 6.71. The van der Waals surface area contributed by atoms with Gasteiger partial charge in [0.25, 0.3) is 5.91 Å². The molecule has 0 bridgehead atoms. The van der Waals surface area contributed by atoms with E-state index in [1.807, 2.05) is 41.8 Å². The number of carbonyl (C=O) groups excluding carboxylic acids is 1. The fourth-order valence-electron chi connectivity index (χ4n) is 2.24. The summed E-state index contributed by atoms with van der Waals surface area (Å²) < 4.78 is 3.84. The monoisotopic (exact) mass is 323 g/mol. The molecule has 3 rings (SSSR count). The molecule has 1 N–H and O–H groups in total. The predicted molar refractivity (Wildman–Crippen MR) is 93.8 cm³/mol. The summed E-state index contributed by atoms with van der Waals surface area (Å²) in [5.41, 5.74) is 4.45. The Morgan fingerprint density at radius 2 is 1.74 bits per heavy atom. The maximum Gasteiger partial charge on any atom is 0.255 e. The van der Waals surface area contributed by atoms with E-state index in [1.54, 1.807) is 12.1 Å². The smallest absolute Gasteiger partial charge is 0.255 e. The number of nitrogens with zero attached hydrogens (tertiary/aromatic N) is 2. The third-order valence-electron chi connectivity index (χ3n) is 3.64. The number of aromatic nitrogens is 2. The molecule has 0 atom stereocenters. The Hall–Kier alpha value is -2.53. The fraction of sp³-hybridized carbons (Fsp3) is 0.167. The van der Waals surface area contributed by atoms with Crippen LogP contribution in [0.5, 0.6) is 0 Å². The Morgan fingerprint density at radius 1 is 1.04 bits per heavy atom. The highest BCUT2D eigenvalue weighted by molar-refractivity contribution is 7.03. The Balaban J connectivity index is 1.70. The Labute approximate surface area is 139 Å². The molecule has 0 unspecified atom stereocenters. The zero-order valence-electron chi connectivity index (χ0n) is 13.0. The van der Waals surface area contributed by atoms with Crippen LogP contribution >= 0.6 is 11.5 Å². The van der Waals surface area contributed by atoms with E-state index in [0.29, 0.717) is 11.5 Å². The molecule has 2 aromatic carbocycles. The van der Waals surface area contributed by atoms with Crippen LogP contribution in [0.3, 0.4) is 0 Å². The fourth-order valence-corrected chi connectivity index (χ4v) is 2.70. The van der Waals surface area contributed by atoms with E-state index in [-0.39, 0.29) is 5.91 Å². The number of amides is 1. The summed E-state index contributed by atoms with van der Waals surface area (Å²) >= 11 is 1.31. The van der Waals surface area contributed by atoms with Crippen LogP contribution in [0.15, 0.2) is 53.9 Å². The molecule has 0 aliphatic rings. The van der Waals surface area contributed by atoms with Crippen LogP contribution in [-0.2, 0) is 0 Å². The molecule has 23 heavy (non-hydrogen) atoms. The highest BCUT2D eigenvalue weighted by atomic mass is 32.1.